The molecule has 0 aliphatic heterocycles. The molecule has 0 aromatic heterocycles. The van der Waals surface area contributed by atoms with Crippen molar-refractivity contribution in [3.63, 3.8) is 0 Å². The number of aromatic carboxylic acids is 1. The maximum Gasteiger partial charge on any atom is 0.335 e. The number of hydrogen-bond acceptors (Lipinski definition) is 4. The van der Waals surface area contributed by atoms with Crippen molar-refractivity contribution in [2.24, 2.45) is 5.73 Å². The van der Waals surface area contributed by atoms with Crippen LogP contribution in [0.4, 0.5) is 4.39 Å². The van der Waals surface area contributed by atoms with Gasteiger partial charge in [0.25, 0.3) is 5.91 Å². The molecule has 0 unspecified atom stereocenters. The van der Waals surface area contributed by atoms with E-state index in [0.29, 0.717) is 5.56 Å². The van der Waals surface area contributed by atoms with Gasteiger partial charge in [0.1, 0.15) is 17.3 Å². The highest BCUT2D eigenvalue weighted by Gasteiger charge is 2.19. The second kappa shape index (κ2) is 9.08. The number of rotatable bonds is 7. The predicted octanol–water partition coefficient (Wildman–Crippen LogP) is 3.91. The standard InChI is InChI=1S/C23H19FN2O5/c1-13(14-5-7-15(8-6-14)23(29)30)26-22(28)19-11-16(21(25)27)9-10-20(19)31-18-4-2-3-17(24)12-18/h2-13H,1H3,(H2,25,27)(H,26,28)(H,29,30)/t13-/m0/s1. The summed E-state index contributed by atoms with van der Waals surface area (Å²) in [7, 11) is 0. The van der Waals surface area contributed by atoms with Crippen LogP contribution in [0.25, 0.3) is 0 Å². The highest BCUT2D eigenvalue weighted by molar-refractivity contribution is 6.01. The summed E-state index contributed by atoms with van der Waals surface area (Å²) in [5.41, 5.74) is 6.28. The number of halogens is 1. The van der Waals surface area contributed by atoms with Gasteiger partial charge in [0.05, 0.1) is 17.2 Å². The third kappa shape index (κ3) is 5.24. The fourth-order valence-electron chi connectivity index (χ4n) is 2.88. The van der Waals surface area contributed by atoms with Crippen LogP contribution in [0.3, 0.4) is 0 Å². The van der Waals surface area contributed by atoms with Gasteiger partial charge < -0.3 is 20.9 Å². The van der Waals surface area contributed by atoms with E-state index in [2.05, 4.69) is 5.32 Å². The number of carbonyl (C=O) groups is 3. The number of primary amides is 1. The second-order valence-corrected chi connectivity index (χ2v) is 6.76. The van der Waals surface area contributed by atoms with E-state index in [4.69, 9.17) is 15.6 Å². The average molecular weight is 422 g/mol. The van der Waals surface area contributed by atoms with Crippen LogP contribution in [0, 0.1) is 5.82 Å². The van der Waals surface area contributed by atoms with E-state index >= 15 is 0 Å². The molecule has 31 heavy (non-hydrogen) atoms. The first-order chi connectivity index (χ1) is 14.7. The lowest BCUT2D eigenvalue weighted by molar-refractivity contribution is 0.0696. The van der Waals surface area contributed by atoms with Gasteiger partial charge >= 0.3 is 5.97 Å². The van der Waals surface area contributed by atoms with Crippen molar-refractivity contribution in [1.29, 1.82) is 0 Å². The molecule has 0 fully saturated rings. The molecule has 7 nitrogen and oxygen atoms in total. The maximum atomic E-state index is 13.5. The molecule has 1 atom stereocenters. The zero-order chi connectivity index (χ0) is 22.5. The van der Waals surface area contributed by atoms with E-state index in [1.54, 1.807) is 19.1 Å². The molecule has 3 rings (SSSR count). The van der Waals surface area contributed by atoms with Crippen molar-refractivity contribution in [2.45, 2.75) is 13.0 Å². The minimum absolute atomic E-state index is 0.0366. The first kappa shape index (κ1) is 21.5. The highest BCUT2D eigenvalue weighted by atomic mass is 19.1. The van der Waals surface area contributed by atoms with Gasteiger partial charge in [-0.05, 0) is 55.0 Å². The van der Waals surface area contributed by atoms with Crippen LogP contribution in [-0.4, -0.2) is 22.9 Å². The van der Waals surface area contributed by atoms with Gasteiger partial charge in [-0.15, -0.1) is 0 Å². The van der Waals surface area contributed by atoms with Gasteiger partial charge in [0, 0.05) is 11.6 Å². The van der Waals surface area contributed by atoms with E-state index in [0.717, 1.165) is 6.07 Å². The number of carboxylic acid groups (broad SMARTS) is 1. The Kier molecular flexibility index (Phi) is 6.30. The summed E-state index contributed by atoms with van der Waals surface area (Å²) < 4.78 is 19.1. The van der Waals surface area contributed by atoms with Crippen molar-refractivity contribution in [1.82, 2.24) is 5.32 Å². The first-order valence-electron chi connectivity index (χ1n) is 9.26. The van der Waals surface area contributed by atoms with Crippen molar-refractivity contribution in [3.8, 4) is 11.5 Å². The molecule has 0 saturated carbocycles. The Morgan fingerprint density at radius 3 is 2.29 bits per heavy atom. The molecule has 0 spiro atoms. The zero-order valence-electron chi connectivity index (χ0n) is 16.5. The lowest BCUT2D eigenvalue weighted by Gasteiger charge is -2.17. The maximum absolute atomic E-state index is 13.5. The van der Waals surface area contributed by atoms with Crippen LogP contribution in [0.1, 0.15) is 49.6 Å². The normalized spacial score (nSPS) is 11.4. The summed E-state index contributed by atoms with van der Waals surface area (Å²) in [6, 6.07) is 15.1. The van der Waals surface area contributed by atoms with E-state index < -0.39 is 29.6 Å². The van der Waals surface area contributed by atoms with Crippen LogP contribution in [0.2, 0.25) is 0 Å². The Morgan fingerprint density at radius 1 is 1.00 bits per heavy atom. The van der Waals surface area contributed by atoms with Crippen LogP contribution in [-0.2, 0) is 0 Å². The van der Waals surface area contributed by atoms with Gasteiger partial charge in [-0.25, -0.2) is 9.18 Å². The molecule has 0 heterocycles. The summed E-state index contributed by atoms with van der Waals surface area (Å²) >= 11 is 0. The molecule has 3 aromatic rings. The zero-order valence-corrected chi connectivity index (χ0v) is 16.5. The van der Waals surface area contributed by atoms with E-state index in [-0.39, 0.29) is 28.2 Å². The molecular formula is C23H19FN2O5. The van der Waals surface area contributed by atoms with Gasteiger partial charge in [0.15, 0.2) is 0 Å². The number of hydrogen-bond donors (Lipinski definition) is 3. The topological polar surface area (TPSA) is 119 Å². The third-order valence-electron chi connectivity index (χ3n) is 4.54. The number of benzene rings is 3. The van der Waals surface area contributed by atoms with Crippen molar-refractivity contribution < 1.29 is 28.6 Å². The molecule has 158 valence electrons. The summed E-state index contributed by atoms with van der Waals surface area (Å²) in [4.78, 5) is 35.5. The SMILES string of the molecule is C[C@H](NC(=O)c1cc(C(N)=O)ccc1Oc1cccc(F)c1)c1ccc(C(=O)O)cc1. The van der Waals surface area contributed by atoms with E-state index in [1.165, 1.54) is 48.5 Å². The largest absolute Gasteiger partial charge is 0.478 e. The number of ether oxygens (including phenoxy) is 1. The Balaban J connectivity index is 1.87. The Morgan fingerprint density at radius 2 is 1.68 bits per heavy atom. The molecule has 2 amide bonds. The van der Waals surface area contributed by atoms with E-state index in [1.807, 2.05) is 0 Å². The van der Waals surface area contributed by atoms with Gasteiger partial charge in [-0.2, -0.15) is 0 Å². The number of carboxylic acids is 1. The van der Waals surface area contributed by atoms with Gasteiger partial charge in [0.2, 0.25) is 5.91 Å². The molecule has 0 aliphatic rings. The van der Waals surface area contributed by atoms with Crippen molar-refractivity contribution >= 4 is 17.8 Å². The van der Waals surface area contributed by atoms with Crippen LogP contribution in [0.15, 0.2) is 66.7 Å². The summed E-state index contributed by atoms with van der Waals surface area (Å²) in [6.07, 6.45) is 0. The highest BCUT2D eigenvalue weighted by Crippen LogP contribution is 2.27. The predicted molar refractivity (Wildman–Crippen MR) is 111 cm³/mol. The smallest absolute Gasteiger partial charge is 0.335 e. The molecule has 0 saturated heterocycles. The number of nitrogens with one attached hydrogen (secondary N) is 1. The summed E-state index contributed by atoms with van der Waals surface area (Å²) in [5, 5.41) is 11.8. The minimum atomic E-state index is -1.05. The third-order valence-corrected chi connectivity index (χ3v) is 4.54. The van der Waals surface area contributed by atoms with Gasteiger partial charge in [-0.3, -0.25) is 9.59 Å². The molecule has 3 aromatic carbocycles. The number of nitrogens with two attached hydrogens (primary N) is 1. The summed E-state index contributed by atoms with van der Waals surface area (Å²) in [5.74, 6) is -2.53. The Hall–Kier alpha value is -4.20. The molecule has 0 aliphatic carbocycles. The van der Waals surface area contributed by atoms with Crippen molar-refractivity contribution in [2.75, 3.05) is 0 Å². The monoisotopic (exact) mass is 422 g/mol. The number of amides is 2. The first-order valence-corrected chi connectivity index (χ1v) is 9.26. The second-order valence-electron chi connectivity index (χ2n) is 6.76. The Labute approximate surface area is 177 Å². The fourth-order valence-corrected chi connectivity index (χ4v) is 2.88. The average Bonchev–Trinajstić information content (AvgIpc) is 2.73. The molecule has 8 heteroatoms. The lowest BCUT2D eigenvalue weighted by atomic mass is 10.0. The molecule has 4 N–H and O–H groups in total. The van der Waals surface area contributed by atoms with Crippen LogP contribution in [0.5, 0.6) is 11.5 Å². The Bertz CT molecular complexity index is 1140. The number of carbonyl (C=O) groups excluding carboxylic acids is 2. The minimum Gasteiger partial charge on any atom is -0.478 e. The van der Waals surface area contributed by atoms with Crippen LogP contribution < -0.4 is 15.8 Å². The fraction of sp³-hybridized carbons (Fsp3) is 0.0870. The summed E-state index contributed by atoms with van der Waals surface area (Å²) in [6.45, 7) is 1.72. The lowest BCUT2D eigenvalue weighted by Crippen LogP contribution is -2.27. The quantitative estimate of drug-likeness (QED) is 0.533. The molecule has 0 bridgehead atoms. The van der Waals surface area contributed by atoms with Gasteiger partial charge in [-0.1, -0.05) is 18.2 Å². The van der Waals surface area contributed by atoms with Crippen LogP contribution >= 0.6 is 0 Å². The van der Waals surface area contributed by atoms with Crippen molar-refractivity contribution in [3.05, 3.63) is 94.8 Å². The van der Waals surface area contributed by atoms with E-state index in [9.17, 15) is 18.8 Å². The molecular weight excluding hydrogens is 403 g/mol. The molecule has 0 radical (unpaired) electrons.